The Labute approximate surface area is 106 Å². The van der Waals surface area contributed by atoms with E-state index in [0.29, 0.717) is 22.3 Å². The predicted octanol–water partition coefficient (Wildman–Crippen LogP) is 3.21. The van der Waals surface area contributed by atoms with Crippen LogP contribution in [0.5, 0.6) is 0 Å². The first-order valence-electron chi connectivity index (χ1n) is 5.28. The summed E-state index contributed by atoms with van der Waals surface area (Å²) in [5, 5.41) is 5.65. The second-order valence-corrected chi connectivity index (χ2v) is 4.35. The number of carbonyl (C=O) groups is 1. The number of anilines is 2. The Hall–Kier alpha value is -1.68. The van der Waals surface area contributed by atoms with E-state index in [1.54, 1.807) is 24.4 Å². The molecule has 0 aliphatic carbocycles. The molecule has 0 aromatic heterocycles. The third-order valence-corrected chi connectivity index (χ3v) is 2.28. The van der Waals surface area contributed by atoms with Crippen molar-refractivity contribution in [2.24, 2.45) is 5.92 Å². The summed E-state index contributed by atoms with van der Waals surface area (Å²) in [5.41, 5.74) is 6.64. The minimum atomic E-state index is -0.317. The number of hydrogen-bond acceptors (Lipinski definition) is 2. The summed E-state index contributed by atoms with van der Waals surface area (Å²) >= 11 is 5.83. The Morgan fingerprint density at radius 1 is 1.47 bits per heavy atom. The van der Waals surface area contributed by atoms with Crippen LogP contribution >= 0.6 is 11.6 Å². The minimum absolute atomic E-state index is 0.317. The Morgan fingerprint density at radius 3 is 2.76 bits per heavy atom. The number of rotatable bonds is 3. The van der Waals surface area contributed by atoms with Gasteiger partial charge >= 0.3 is 6.03 Å². The molecule has 0 atom stereocenters. The second-order valence-electron chi connectivity index (χ2n) is 3.94. The van der Waals surface area contributed by atoms with Crippen molar-refractivity contribution >= 4 is 29.0 Å². The quantitative estimate of drug-likeness (QED) is 0.724. The molecule has 0 saturated carbocycles. The first-order chi connectivity index (χ1) is 7.99. The number of nitrogens with two attached hydrogens (primary N) is 1. The van der Waals surface area contributed by atoms with Crippen LogP contribution in [0.25, 0.3) is 0 Å². The SMILES string of the molecule is CC(C)/C=C/NC(=O)Nc1ccc(N)c(Cl)c1. The van der Waals surface area contributed by atoms with Crippen LogP contribution in [0, 0.1) is 5.92 Å². The highest BCUT2D eigenvalue weighted by Crippen LogP contribution is 2.22. The number of nitrogens with one attached hydrogen (secondary N) is 2. The highest BCUT2D eigenvalue weighted by Gasteiger charge is 2.01. The number of urea groups is 1. The van der Waals surface area contributed by atoms with Gasteiger partial charge in [-0.25, -0.2) is 4.79 Å². The van der Waals surface area contributed by atoms with Crippen LogP contribution in [0.4, 0.5) is 16.2 Å². The lowest BCUT2D eigenvalue weighted by Crippen LogP contribution is -2.23. The molecule has 5 heteroatoms. The van der Waals surface area contributed by atoms with Gasteiger partial charge in [-0.05, 0) is 24.1 Å². The highest BCUT2D eigenvalue weighted by molar-refractivity contribution is 6.33. The van der Waals surface area contributed by atoms with Crippen LogP contribution < -0.4 is 16.4 Å². The fourth-order valence-electron chi connectivity index (χ4n) is 1.09. The van der Waals surface area contributed by atoms with Crippen molar-refractivity contribution in [3.05, 3.63) is 35.5 Å². The highest BCUT2D eigenvalue weighted by atomic mass is 35.5. The second kappa shape index (κ2) is 6.15. The largest absolute Gasteiger partial charge is 0.398 e. The summed E-state index contributed by atoms with van der Waals surface area (Å²) in [7, 11) is 0. The molecule has 1 aromatic rings. The Balaban J connectivity index is 2.53. The van der Waals surface area contributed by atoms with E-state index in [4.69, 9.17) is 17.3 Å². The molecule has 1 rings (SSSR count). The van der Waals surface area contributed by atoms with Gasteiger partial charge in [0.2, 0.25) is 0 Å². The molecule has 2 amide bonds. The number of nitrogen functional groups attached to an aromatic ring is 1. The van der Waals surface area contributed by atoms with Gasteiger partial charge in [-0.3, -0.25) is 0 Å². The first kappa shape index (κ1) is 13.4. The average molecular weight is 254 g/mol. The topological polar surface area (TPSA) is 67.2 Å². The van der Waals surface area contributed by atoms with Gasteiger partial charge in [0.1, 0.15) is 0 Å². The summed E-state index contributed by atoms with van der Waals surface area (Å²) in [6, 6.07) is 4.61. The van der Waals surface area contributed by atoms with Crippen LogP contribution in [0.2, 0.25) is 5.02 Å². The number of carbonyl (C=O) groups excluding carboxylic acids is 1. The van der Waals surface area contributed by atoms with Gasteiger partial charge in [-0.1, -0.05) is 31.5 Å². The Morgan fingerprint density at radius 2 is 2.18 bits per heavy atom. The molecule has 0 fully saturated rings. The maximum Gasteiger partial charge on any atom is 0.323 e. The maximum atomic E-state index is 11.4. The van der Waals surface area contributed by atoms with Crippen molar-refractivity contribution in [3.63, 3.8) is 0 Å². The molecule has 0 saturated heterocycles. The van der Waals surface area contributed by atoms with Crippen LogP contribution in [0.3, 0.4) is 0 Å². The monoisotopic (exact) mass is 253 g/mol. The van der Waals surface area contributed by atoms with Gasteiger partial charge in [0.25, 0.3) is 0 Å². The lowest BCUT2D eigenvalue weighted by Gasteiger charge is -2.06. The zero-order valence-electron chi connectivity index (χ0n) is 9.83. The summed E-state index contributed by atoms with van der Waals surface area (Å²) in [6.45, 7) is 4.05. The van der Waals surface area contributed by atoms with E-state index >= 15 is 0 Å². The standard InChI is InChI=1S/C12H16ClN3O/c1-8(2)5-6-15-12(17)16-9-3-4-11(14)10(13)7-9/h3-8H,14H2,1-2H3,(H2,15,16,17)/b6-5+. The summed E-state index contributed by atoms with van der Waals surface area (Å²) in [4.78, 5) is 11.4. The number of hydrogen-bond donors (Lipinski definition) is 3. The smallest absolute Gasteiger partial charge is 0.323 e. The molecule has 4 N–H and O–H groups in total. The number of benzene rings is 1. The zero-order chi connectivity index (χ0) is 12.8. The lowest BCUT2D eigenvalue weighted by molar-refractivity contribution is 0.255. The maximum absolute atomic E-state index is 11.4. The molecule has 0 radical (unpaired) electrons. The molecule has 0 bridgehead atoms. The van der Waals surface area contributed by atoms with E-state index in [1.807, 2.05) is 19.9 Å². The van der Waals surface area contributed by atoms with Crippen molar-refractivity contribution in [1.29, 1.82) is 0 Å². The zero-order valence-corrected chi connectivity index (χ0v) is 10.6. The van der Waals surface area contributed by atoms with Crippen molar-refractivity contribution < 1.29 is 4.79 Å². The molecule has 0 unspecified atom stereocenters. The normalized spacial score (nSPS) is 10.8. The molecule has 0 aliphatic rings. The third kappa shape index (κ3) is 4.78. The molecule has 17 heavy (non-hydrogen) atoms. The van der Waals surface area contributed by atoms with Crippen LogP contribution in [0.15, 0.2) is 30.5 Å². The minimum Gasteiger partial charge on any atom is -0.398 e. The van der Waals surface area contributed by atoms with Gasteiger partial charge in [-0.2, -0.15) is 0 Å². The lowest BCUT2D eigenvalue weighted by atomic mass is 10.2. The van der Waals surface area contributed by atoms with Gasteiger partial charge in [0, 0.05) is 11.9 Å². The summed E-state index contributed by atoms with van der Waals surface area (Å²) < 4.78 is 0. The molecular weight excluding hydrogens is 238 g/mol. The molecular formula is C12H16ClN3O. The van der Waals surface area contributed by atoms with Gasteiger partial charge in [-0.15, -0.1) is 0 Å². The fraction of sp³-hybridized carbons (Fsp3) is 0.250. The van der Waals surface area contributed by atoms with E-state index in [1.165, 1.54) is 0 Å². The van der Waals surface area contributed by atoms with Crippen molar-refractivity contribution in [2.75, 3.05) is 11.1 Å². The fourth-order valence-corrected chi connectivity index (χ4v) is 1.27. The predicted molar refractivity (Wildman–Crippen MR) is 72.0 cm³/mol. The summed E-state index contributed by atoms with van der Waals surface area (Å²) in [6.07, 6.45) is 3.49. The Kier molecular flexibility index (Phi) is 4.84. The van der Waals surface area contributed by atoms with Crippen LogP contribution in [0.1, 0.15) is 13.8 Å². The summed E-state index contributed by atoms with van der Waals surface area (Å²) in [5.74, 6) is 0.390. The van der Waals surface area contributed by atoms with Crippen molar-refractivity contribution in [2.45, 2.75) is 13.8 Å². The third-order valence-electron chi connectivity index (χ3n) is 1.95. The van der Waals surface area contributed by atoms with Gasteiger partial charge in [0.05, 0.1) is 10.7 Å². The van der Waals surface area contributed by atoms with E-state index in [-0.39, 0.29) is 6.03 Å². The van der Waals surface area contributed by atoms with E-state index in [9.17, 15) is 4.79 Å². The average Bonchev–Trinajstić information content (AvgIpc) is 2.23. The molecule has 92 valence electrons. The van der Waals surface area contributed by atoms with E-state index < -0.39 is 0 Å². The molecule has 0 spiro atoms. The van der Waals surface area contributed by atoms with Gasteiger partial charge in [0.15, 0.2) is 0 Å². The molecule has 0 aliphatic heterocycles. The first-order valence-corrected chi connectivity index (χ1v) is 5.66. The van der Waals surface area contributed by atoms with Crippen LogP contribution in [-0.4, -0.2) is 6.03 Å². The molecule has 4 nitrogen and oxygen atoms in total. The number of allylic oxidation sites excluding steroid dienone is 1. The van der Waals surface area contributed by atoms with E-state index in [0.717, 1.165) is 0 Å². The van der Waals surface area contributed by atoms with Crippen LogP contribution in [-0.2, 0) is 0 Å². The molecule has 1 aromatic carbocycles. The van der Waals surface area contributed by atoms with Gasteiger partial charge < -0.3 is 16.4 Å². The number of amides is 2. The van der Waals surface area contributed by atoms with E-state index in [2.05, 4.69) is 10.6 Å². The number of halogens is 1. The molecule has 0 heterocycles. The van der Waals surface area contributed by atoms with Crippen molar-refractivity contribution in [1.82, 2.24) is 5.32 Å². The Bertz CT molecular complexity index is 430. The van der Waals surface area contributed by atoms with Crippen molar-refractivity contribution in [3.8, 4) is 0 Å².